The molecule has 0 bridgehead atoms. The number of nitrogens with zero attached hydrogens (tertiary/aromatic N) is 1. The number of carbonyl (C=O) groups excluding carboxylic acids is 2. The molecule has 0 saturated heterocycles. The molecule has 29 heavy (non-hydrogen) atoms. The Morgan fingerprint density at radius 1 is 0.966 bits per heavy atom. The maximum atomic E-state index is 13.1. The van der Waals surface area contributed by atoms with Crippen molar-refractivity contribution in [1.82, 2.24) is 10.2 Å². The predicted octanol–water partition coefficient (Wildman–Crippen LogP) is 4.69. The highest BCUT2D eigenvalue weighted by atomic mass is 16.2. The highest BCUT2D eigenvalue weighted by Crippen LogP contribution is 2.32. The first kappa shape index (κ1) is 22.0. The van der Waals surface area contributed by atoms with Gasteiger partial charge >= 0.3 is 0 Å². The van der Waals surface area contributed by atoms with Gasteiger partial charge in [-0.3, -0.25) is 9.59 Å². The first-order chi connectivity index (χ1) is 14.0. The Bertz CT molecular complexity index is 652. The number of likely N-dealkylation sites (N-methyl/N-ethyl adjacent to an activating group) is 1. The van der Waals surface area contributed by atoms with Gasteiger partial charge in [0.25, 0.3) is 0 Å². The third kappa shape index (κ3) is 6.67. The molecule has 2 unspecified atom stereocenters. The summed E-state index contributed by atoms with van der Waals surface area (Å²) in [6.07, 6.45) is 11.2. The number of amides is 1. The quantitative estimate of drug-likeness (QED) is 0.646. The number of carbonyl (C=O) groups is 2. The number of rotatable bonds is 8. The lowest BCUT2D eigenvalue weighted by Gasteiger charge is -2.32. The summed E-state index contributed by atoms with van der Waals surface area (Å²) in [4.78, 5) is 28.1. The summed E-state index contributed by atoms with van der Waals surface area (Å²) >= 11 is 0. The minimum Gasteiger partial charge on any atom is -0.352 e. The lowest BCUT2D eigenvalue weighted by Crippen LogP contribution is -2.46. The molecular formula is C25H38N2O2. The third-order valence-electron chi connectivity index (χ3n) is 6.75. The lowest BCUT2D eigenvalue weighted by molar-refractivity contribution is -0.127. The molecule has 2 saturated carbocycles. The van der Waals surface area contributed by atoms with Crippen molar-refractivity contribution in [2.45, 2.75) is 70.3 Å². The molecule has 0 radical (unpaired) electrons. The van der Waals surface area contributed by atoms with Crippen LogP contribution in [0.25, 0.3) is 0 Å². The van der Waals surface area contributed by atoms with Crippen molar-refractivity contribution in [1.29, 1.82) is 0 Å². The highest BCUT2D eigenvalue weighted by molar-refractivity contribution is 5.98. The number of Topliss-reactive ketones (excluding diaryl/α,β-unsaturated/α-hetero) is 1. The van der Waals surface area contributed by atoms with Crippen molar-refractivity contribution in [2.75, 3.05) is 20.6 Å². The summed E-state index contributed by atoms with van der Waals surface area (Å²) in [6.45, 7) is 0.890. The summed E-state index contributed by atoms with van der Waals surface area (Å²) in [7, 11) is 4.16. The summed E-state index contributed by atoms with van der Waals surface area (Å²) in [5.74, 6) is 1.06. The monoisotopic (exact) mass is 398 g/mol. The van der Waals surface area contributed by atoms with Crippen LogP contribution in [0, 0.1) is 17.8 Å². The second kappa shape index (κ2) is 10.9. The largest absolute Gasteiger partial charge is 0.352 e. The van der Waals surface area contributed by atoms with Gasteiger partial charge < -0.3 is 10.2 Å². The fourth-order valence-corrected chi connectivity index (χ4v) is 5.27. The molecule has 2 fully saturated rings. The Balaban J connectivity index is 1.57. The van der Waals surface area contributed by atoms with E-state index in [4.69, 9.17) is 0 Å². The summed E-state index contributed by atoms with van der Waals surface area (Å²) in [6, 6.07) is 9.76. The van der Waals surface area contributed by atoms with Gasteiger partial charge in [-0.25, -0.2) is 0 Å². The topological polar surface area (TPSA) is 49.4 Å². The van der Waals surface area contributed by atoms with E-state index in [0.29, 0.717) is 6.42 Å². The fourth-order valence-electron chi connectivity index (χ4n) is 5.27. The molecule has 1 N–H and O–H groups in total. The number of nitrogens with one attached hydrogen (secondary N) is 1. The molecular weight excluding hydrogens is 360 g/mol. The Labute approximate surface area is 176 Å². The van der Waals surface area contributed by atoms with Gasteiger partial charge in [-0.2, -0.15) is 0 Å². The van der Waals surface area contributed by atoms with Gasteiger partial charge in [0.2, 0.25) is 5.91 Å². The van der Waals surface area contributed by atoms with E-state index in [-0.39, 0.29) is 29.6 Å². The fraction of sp³-hybridized carbons (Fsp3) is 0.680. The van der Waals surface area contributed by atoms with Crippen molar-refractivity contribution in [3.8, 4) is 0 Å². The van der Waals surface area contributed by atoms with Crippen LogP contribution in [-0.4, -0.2) is 43.3 Å². The Morgan fingerprint density at radius 3 is 2.34 bits per heavy atom. The predicted molar refractivity (Wildman–Crippen MR) is 118 cm³/mol. The average molecular weight is 399 g/mol. The minimum atomic E-state index is -0.0302. The average Bonchev–Trinajstić information content (AvgIpc) is 2.74. The van der Waals surface area contributed by atoms with Crippen LogP contribution < -0.4 is 5.32 Å². The van der Waals surface area contributed by atoms with Gasteiger partial charge in [0, 0.05) is 30.0 Å². The summed E-state index contributed by atoms with van der Waals surface area (Å²) in [5, 5.41) is 3.37. The van der Waals surface area contributed by atoms with E-state index >= 15 is 0 Å². The smallest absolute Gasteiger partial charge is 0.223 e. The van der Waals surface area contributed by atoms with Gasteiger partial charge in [-0.15, -0.1) is 0 Å². The Morgan fingerprint density at radius 2 is 1.66 bits per heavy atom. The number of benzene rings is 1. The summed E-state index contributed by atoms with van der Waals surface area (Å²) < 4.78 is 0. The second-order valence-corrected chi connectivity index (χ2v) is 9.50. The molecule has 3 atom stereocenters. The van der Waals surface area contributed by atoms with Crippen molar-refractivity contribution < 1.29 is 9.59 Å². The van der Waals surface area contributed by atoms with Crippen LogP contribution in [0.2, 0.25) is 0 Å². The first-order valence-electron chi connectivity index (χ1n) is 11.6. The maximum Gasteiger partial charge on any atom is 0.223 e. The van der Waals surface area contributed by atoms with E-state index in [0.717, 1.165) is 43.7 Å². The molecule has 1 aromatic rings. The van der Waals surface area contributed by atoms with E-state index in [2.05, 4.69) is 24.3 Å². The minimum absolute atomic E-state index is 0.0208. The van der Waals surface area contributed by atoms with Gasteiger partial charge in [0.05, 0.1) is 0 Å². The Kier molecular flexibility index (Phi) is 8.29. The summed E-state index contributed by atoms with van der Waals surface area (Å²) in [5.41, 5.74) is 0.779. The lowest BCUT2D eigenvalue weighted by atomic mass is 9.77. The van der Waals surface area contributed by atoms with E-state index < -0.39 is 0 Å². The van der Waals surface area contributed by atoms with Crippen molar-refractivity contribution in [2.24, 2.45) is 17.8 Å². The zero-order valence-electron chi connectivity index (χ0n) is 18.2. The first-order valence-corrected chi connectivity index (χ1v) is 11.6. The number of ketones is 1. The molecule has 1 amide bonds. The molecule has 0 aromatic heterocycles. The molecule has 160 valence electrons. The van der Waals surface area contributed by atoms with Crippen molar-refractivity contribution in [3.05, 3.63) is 35.9 Å². The van der Waals surface area contributed by atoms with E-state index in [1.54, 1.807) is 0 Å². The van der Waals surface area contributed by atoms with Gasteiger partial charge in [-0.05, 0) is 45.7 Å². The van der Waals surface area contributed by atoms with E-state index in [1.165, 1.54) is 32.1 Å². The van der Waals surface area contributed by atoms with Crippen LogP contribution in [0.15, 0.2) is 30.3 Å². The zero-order valence-corrected chi connectivity index (χ0v) is 18.2. The molecule has 0 spiro atoms. The van der Waals surface area contributed by atoms with E-state index in [1.807, 2.05) is 30.3 Å². The highest BCUT2D eigenvalue weighted by Gasteiger charge is 2.32. The normalized spacial score (nSPS) is 24.2. The van der Waals surface area contributed by atoms with Gasteiger partial charge in [-0.1, -0.05) is 68.9 Å². The van der Waals surface area contributed by atoms with Crippen LogP contribution in [0.5, 0.6) is 0 Å². The standard InChI is InChI=1S/C25H38N2O2/c1-27(2)18-23(16-19-10-5-3-6-11-19)26-25(29)22-15-9-14-21(17-22)24(28)20-12-7-4-8-13-20/h4,7-8,12-13,19,21-23H,3,5-6,9-11,14-18H2,1-2H3,(H,26,29)/t21?,22?,23-/m0/s1. The maximum absolute atomic E-state index is 13.1. The molecule has 0 heterocycles. The Hall–Kier alpha value is -1.68. The van der Waals surface area contributed by atoms with Gasteiger partial charge in [0.15, 0.2) is 5.78 Å². The molecule has 4 nitrogen and oxygen atoms in total. The van der Waals surface area contributed by atoms with Crippen LogP contribution in [-0.2, 0) is 4.79 Å². The molecule has 4 heteroatoms. The SMILES string of the molecule is CN(C)C[C@H](CC1CCCCC1)NC(=O)C1CCCC(C(=O)c2ccccc2)C1. The molecule has 2 aliphatic carbocycles. The van der Waals surface area contributed by atoms with Crippen LogP contribution in [0.3, 0.4) is 0 Å². The number of hydrogen-bond donors (Lipinski definition) is 1. The van der Waals surface area contributed by atoms with Crippen molar-refractivity contribution >= 4 is 11.7 Å². The number of hydrogen-bond acceptors (Lipinski definition) is 3. The second-order valence-electron chi connectivity index (χ2n) is 9.50. The molecule has 3 rings (SSSR count). The molecule has 0 aliphatic heterocycles. The van der Waals surface area contributed by atoms with Crippen molar-refractivity contribution in [3.63, 3.8) is 0 Å². The zero-order chi connectivity index (χ0) is 20.6. The molecule has 2 aliphatic rings. The molecule has 1 aromatic carbocycles. The third-order valence-corrected chi connectivity index (χ3v) is 6.75. The van der Waals surface area contributed by atoms with E-state index in [9.17, 15) is 9.59 Å². The van der Waals surface area contributed by atoms with Gasteiger partial charge in [0.1, 0.15) is 0 Å². The van der Waals surface area contributed by atoms with Crippen LogP contribution in [0.4, 0.5) is 0 Å². The van der Waals surface area contributed by atoms with Crippen LogP contribution >= 0.6 is 0 Å². The van der Waals surface area contributed by atoms with Crippen LogP contribution in [0.1, 0.15) is 74.6 Å².